The van der Waals surface area contributed by atoms with Crippen LogP contribution in [-0.2, 0) is 11.1 Å². The third kappa shape index (κ3) is 2.92. The molecule has 42 heavy (non-hydrogen) atoms. The molecule has 2 aromatic carbocycles. The molecule has 0 radical (unpaired) electrons. The molecule has 8 bridgehead atoms. The van der Waals surface area contributed by atoms with E-state index in [9.17, 15) is 0 Å². The minimum atomic E-state index is 0.0951. The molecule has 9 aliphatic carbocycles. The van der Waals surface area contributed by atoms with Crippen molar-refractivity contribution in [2.75, 3.05) is 0 Å². The van der Waals surface area contributed by atoms with E-state index >= 15 is 0 Å². The average molecular weight is 555 g/mol. The molecule has 0 saturated heterocycles. The van der Waals surface area contributed by atoms with E-state index in [1.54, 1.807) is 0 Å². The summed E-state index contributed by atoms with van der Waals surface area (Å²) < 4.78 is 4.90. The highest BCUT2D eigenvalue weighted by Gasteiger charge is 2.54. The third-order valence-electron chi connectivity index (χ3n) is 13.1. The first kappa shape index (κ1) is 23.2. The monoisotopic (exact) mass is 554 g/mol. The molecule has 0 atom stereocenters. The summed E-state index contributed by atoms with van der Waals surface area (Å²) in [6.07, 6.45) is 16.1. The summed E-state index contributed by atoms with van der Waals surface area (Å²) in [5.74, 6) is 5.09. The van der Waals surface area contributed by atoms with E-state index < -0.39 is 0 Å². The summed E-state index contributed by atoms with van der Waals surface area (Å²) in [7, 11) is 0. The van der Waals surface area contributed by atoms with E-state index in [-0.39, 0.29) is 11.1 Å². The molecule has 8 saturated carbocycles. The fraction of sp³-hybridized carbons (Fsp3) is 0.556. The van der Waals surface area contributed by atoms with Crippen LogP contribution in [0.15, 0.2) is 48.5 Å². The smallest absolute Gasteiger partial charge is 0.121 e. The number of rotatable bonds is 2. The Kier molecular flexibility index (Phi) is 4.31. The molecular weight excluding hydrogens is 516 g/mol. The minimum Gasteiger partial charge on any atom is -0.238 e. The van der Waals surface area contributed by atoms with Gasteiger partial charge >= 0.3 is 0 Å². The van der Waals surface area contributed by atoms with Gasteiger partial charge in [-0.25, -0.2) is 9.36 Å². The van der Waals surface area contributed by atoms with Crippen molar-refractivity contribution in [2.24, 2.45) is 35.5 Å². The largest absolute Gasteiger partial charge is 0.238 e. The molecule has 0 aliphatic heterocycles. The Hall–Kier alpha value is -3.28. The quantitative estimate of drug-likeness (QED) is 0.261. The molecule has 0 N–H and O–H groups in total. The van der Waals surface area contributed by atoms with Gasteiger partial charge in [-0.3, -0.25) is 0 Å². The van der Waals surface area contributed by atoms with Crippen LogP contribution in [0.3, 0.4) is 0 Å². The highest BCUT2D eigenvalue weighted by atomic mass is 15.5. The summed E-state index contributed by atoms with van der Waals surface area (Å²) in [6, 6.07) is 17.9. The molecule has 13 rings (SSSR count). The molecule has 9 aliphatic rings. The minimum absolute atomic E-state index is 0.0951. The SMILES string of the molecule is c1ccc2/c(c1)=c1/nnn(C34CC5CC(CC(C5)C3)C4)/c1=c1\cccc\c1=c1\c=2nnn1C12CC3CC(CC(C3)C1)C2. The molecular formula is C36H38N6. The van der Waals surface area contributed by atoms with Crippen LogP contribution in [0, 0.1) is 77.8 Å². The van der Waals surface area contributed by atoms with Gasteiger partial charge in [0.05, 0.1) is 21.8 Å². The molecule has 6 nitrogen and oxygen atoms in total. The second-order valence-electron chi connectivity index (χ2n) is 15.8. The second kappa shape index (κ2) is 7.81. The molecule has 6 heteroatoms. The van der Waals surface area contributed by atoms with Gasteiger partial charge in [0.2, 0.25) is 0 Å². The summed E-state index contributed by atoms with van der Waals surface area (Å²) in [5.41, 5.74) is 0.190. The van der Waals surface area contributed by atoms with Crippen LogP contribution >= 0.6 is 0 Å². The molecule has 2 aromatic heterocycles. The van der Waals surface area contributed by atoms with Crippen LogP contribution in [0.1, 0.15) is 77.0 Å². The van der Waals surface area contributed by atoms with Gasteiger partial charge in [0.25, 0.3) is 0 Å². The Balaban J connectivity index is 1.33. The van der Waals surface area contributed by atoms with Gasteiger partial charge in [-0.1, -0.05) is 59.0 Å². The predicted molar refractivity (Wildman–Crippen MR) is 156 cm³/mol. The molecule has 0 spiro atoms. The number of benzene rings is 2. The average Bonchev–Trinajstić information content (AvgIpc) is 3.61. The van der Waals surface area contributed by atoms with Gasteiger partial charge in [0.15, 0.2) is 0 Å². The van der Waals surface area contributed by atoms with E-state index in [2.05, 4.69) is 57.9 Å². The fourth-order valence-electron chi connectivity index (χ4n) is 12.5. The van der Waals surface area contributed by atoms with Crippen molar-refractivity contribution in [1.82, 2.24) is 30.0 Å². The first-order chi connectivity index (χ1) is 20.6. The lowest BCUT2D eigenvalue weighted by Crippen LogP contribution is -2.52. The highest BCUT2D eigenvalue weighted by Crippen LogP contribution is 2.60. The first-order valence-corrected chi connectivity index (χ1v) is 16.8. The van der Waals surface area contributed by atoms with Crippen molar-refractivity contribution >= 4 is 0 Å². The van der Waals surface area contributed by atoms with Gasteiger partial charge in [-0.15, -0.1) is 10.2 Å². The maximum absolute atomic E-state index is 5.12. The number of hydrogen-bond donors (Lipinski definition) is 0. The zero-order valence-electron chi connectivity index (χ0n) is 24.3. The number of aromatic nitrogens is 6. The normalized spacial score (nSPS) is 41.4. The maximum Gasteiger partial charge on any atom is 0.121 e. The summed E-state index contributed by atoms with van der Waals surface area (Å²) in [4.78, 5) is 0. The molecule has 8 fully saturated rings. The van der Waals surface area contributed by atoms with Crippen molar-refractivity contribution in [3.8, 4) is 0 Å². The zero-order chi connectivity index (χ0) is 27.2. The zero-order valence-corrected chi connectivity index (χ0v) is 24.3. The lowest BCUT2D eigenvalue weighted by Gasteiger charge is -2.56. The van der Waals surface area contributed by atoms with Crippen molar-refractivity contribution in [3.63, 3.8) is 0 Å². The summed E-state index contributed by atoms with van der Waals surface area (Å²) >= 11 is 0. The van der Waals surface area contributed by atoms with Crippen LogP contribution in [0.25, 0.3) is 0 Å². The molecule has 0 unspecified atom stereocenters. The highest BCUT2D eigenvalue weighted by molar-refractivity contribution is 5.24. The number of fused-ring (bicyclic) bond motifs is 4. The molecule has 2 heterocycles. The third-order valence-corrected chi connectivity index (χ3v) is 13.1. The summed E-state index contributed by atoms with van der Waals surface area (Å²) in [5, 5.41) is 29.6. The van der Waals surface area contributed by atoms with Gasteiger partial charge in [-0.05, 0) is 113 Å². The standard InChI is InChI=1S/C36H38N6/c1-2-6-28-27(5-1)31-33(41(39-37-31)35-15-21-9-22(16-35)11-23(10-21)17-35)29-7-3-4-8-30(29)34-32(28)38-40-42(34)36-18-24-12-25(19-36)14-26(13-24)20-36/h1-8,21-26H,9-20H2/b31-27+,32-28+,33-29+,34-30+. The Morgan fingerprint density at radius 1 is 0.452 bits per heavy atom. The lowest BCUT2D eigenvalue weighted by molar-refractivity contribution is -0.0517. The van der Waals surface area contributed by atoms with Crippen molar-refractivity contribution < 1.29 is 0 Å². The van der Waals surface area contributed by atoms with E-state index in [1.165, 1.54) is 98.2 Å². The van der Waals surface area contributed by atoms with Crippen LogP contribution < -0.4 is 0 Å². The molecule has 212 valence electrons. The van der Waals surface area contributed by atoms with Crippen molar-refractivity contribution in [3.05, 3.63) is 90.8 Å². The van der Waals surface area contributed by atoms with Gasteiger partial charge in [-0.2, -0.15) is 0 Å². The van der Waals surface area contributed by atoms with Crippen LogP contribution in [0.2, 0.25) is 0 Å². The van der Waals surface area contributed by atoms with E-state index in [0.717, 1.165) is 56.6 Å². The van der Waals surface area contributed by atoms with Gasteiger partial charge < -0.3 is 0 Å². The van der Waals surface area contributed by atoms with Gasteiger partial charge in [0.1, 0.15) is 10.7 Å². The van der Waals surface area contributed by atoms with E-state index in [4.69, 9.17) is 20.6 Å². The fourth-order valence-corrected chi connectivity index (χ4v) is 12.5. The van der Waals surface area contributed by atoms with E-state index in [1.807, 2.05) is 0 Å². The Labute approximate surface area is 244 Å². The Bertz CT molecular complexity index is 1970. The lowest BCUT2D eigenvalue weighted by atomic mass is 9.53. The van der Waals surface area contributed by atoms with Crippen molar-refractivity contribution in [2.45, 2.75) is 88.1 Å². The Morgan fingerprint density at radius 3 is 1.10 bits per heavy atom. The second-order valence-corrected chi connectivity index (χ2v) is 15.8. The predicted octanol–water partition coefficient (Wildman–Crippen LogP) is 6.18. The van der Waals surface area contributed by atoms with Crippen LogP contribution in [0.5, 0.6) is 0 Å². The topological polar surface area (TPSA) is 61.4 Å². The summed E-state index contributed by atoms with van der Waals surface area (Å²) in [6.45, 7) is 0. The number of nitrogens with zero attached hydrogens (tertiary/aromatic N) is 6. The first-order valence-electron chi connectivity index (χ1n) is 16.8. The molecule has 4 aromatic rings. The number of hydrogen-bond acceptors (Lipinski definition) is 4. The van der Waals surface area contributed by atoms with E-state index in [0.29, 0.717) is 0 Å². The Morgan fingerprint density at radius 2 is 0.762 bits per heavy atom. The van der Waals surface area contributed by atoms with Crippen LogP contribution in [-0.4, -0.2) is 30.0 Å². The molecule has 0 amide bonds. The van der Waals surface area contributed by atoms with Crippen LogP contribution in [0.4, 0.5) is 0 Å². The van der Waals surface area contributed by atoms with Gasteiger partial charge in [0, 0.05) is 20.9 Å². The maximum atomic E-state index is 5.12. The van der Waals surface area contributed by atoms with Crippen molar-refractivity contribution in [1.29, 1.82) is 0 Å².